The smallest absolute Gasteiger partial charge is 0.271 e. The number of nitrogens with one attached hydrogen (secondary N) is 2. The van der Waals surface area contributed by atoms with Gasteiger partial charge in [0, 0.05) is 36.9 Å². The molecular weight excluding hydrogens is 276 g/mol. The lowest BCUT2D eigenvalue weighted by Gasteiger charge is -2.19. The van der Waals surface area contributed by atoms with Crippen LogP contribution in [0, 0.1) is 0 Å². The summed E-state index contributed by atoms with van der Waals surface area (Å²) in [6.07, 6.45) is 3.50. The van der Waals surface area contributed by atoms with E-state index in [4.69, 9.17) is 0 Å². The summed E-state index contributed by atoms with van der Waals surface area (Å²) >= 11 is 0. The number of anilines is 1. The van der Waals surface area contributed by atoms with E-state index < -0.39 is 0 Å². The topological polar surface area (TPSA) is 61.0 Å². The molecule has 114 valence electrons. The fourth-order valence-corrected chi connectivity index (χ4v) is 3.09. The van der Waals surface area contributed by atoms with Gasteiger partial charge in [0.2, 0.25) is 0 Å². The molecule has 0 atom stereocenters. The number of aromatic amines is 1. The summed E-state index contributed by atoms with van der Waals surface area (Å²) in [6, 6.07) is 10.4. The first kappa shape index (κ1) is 13.4. The van der Waals surface area contributed by atoms with E-state index >= 15 is 0 Å². The number of hydrogen-bond acceptors (Lipinski definition) is 3. The molecule has 1 saturated carbocycles. The molecular formula is C17H20N4O. The number of carbonyl (C=O) groups is 1. The van der Waals surface area contributed by atoms with Gasteiger partial charge in [0.05, 0.1) is 0 Å². The van der Waals surface area contributed by atoms with E-state index in [0.717, 1.165) is 25.2 Å². The Labute approximate surface area is 129 Å². The van der Waals surface area contributed by atoms with Crippen LogP contribution in [0.15, 0.2) is 30.3 Å². The minimum Gasteiger partial charge on any atom is -0.369 e. The van der Waals surface area contributed by atoms with E-state index in [2.05, 4.69) is 44.7 Å². The standard InChI is InChI=1S/C17H20N4O/c22-17(15-11-14(19-20-15)12-5-6-12)18-8-10-21-9-7-13-3-1-2-4-16(13)21/h1-4,11-12H,5-10H2,(H,18,22)(H,19,20). The van der Waals surface area contributed by atoms with Crippen LogP contribution in [0.1, 0.15) is 40.5 Å². The van der Waals surface area contributed by atoms with E-state index in [1.807, 2.05) is 6.07 Å². The SMILES string of the molecule is O=C(NCCN1CCc2ccccc21)c1cc(C2CC2)[nH]n1. The summed E-state index contributed by atoms with van der Waals surface area (Å²) in [5.74, 6) is 0.505. The van der Waals surface area contributed by atoms with E-state index in [1.165, 1.54) is 24.1 Å². The van der Waals surface area contributed by atoms with Crippen molar-refractivity contribution in [3.8, 4) is 0 Å². The Morgan fingerprint density at radius 1 is 1.36 bits per heavy atom. The van der Waals surface area contributed by atoms with Crippen molar-refractivity contribution in [2.24, 2.45) is 0 Å². The Morgan fingerprint density at radius 2 is 2.23 bits per heavy atom. The van der Waals surface area contributed by atoms with Crippen LogP contribution in [-0.4, -0.2) is 35.7 Å². The lowest BCUT2D eigenvalue weighted by molar-refractivity contribution is 0.0949. The molecule has 0 saturated heterocycles. The third-order valence-corrected chi connectivity index (χ3v) is 4.50. The molecule has 0 spiro atoms. The van der Waals surface area contributed by atoms with Gasteiger partial charge in [-0.1, -0.05) is 18.2 Å². The monoisotopic (exact) mass is 296 g/mol. The van der Waals surface area contributed by atoms with E-state index in [0.29, 0.717) is 18.2 Å². The molecule has 2 N–H and O–H groups in total. The fraction of sp³-hybridized carbons (Fsp3) is 0.412. The molecule has 0 unspecified atom stereocenters. The van der Waals surface area contributed by atoms with Gasteiger partial charge in [-0.05, 0) is 37.0 Å². The summed E-state index contributed by atoms with van der Waals surface area (Å²) in [5, 5.41) is 10.1. The average Bonchev–Trinajstić information content (AvgIpc) is 3.13. The molecule has 0 bridgehead atoms. The number of nitrogens with zero attached hydrogens (tertiary/aromatic N) is 2. The number of H-pyrrole nitrogens is 1. The van der Waals surface area contributed by atoms with Crippen molar-refractivity contribution in [2.75, 3.05) is 24.5 Å². The summed E-state index contributed by atoms with van der Waals surface area (Å²) in [5.41, 5.74) is 4.30. The molecule has 1 aliphatic heterocycles. The lowest BCUT2D eigenvalue weighted by Crippen LogP contribution is -2.34. The van der Waals surface area contributed by atoms with Gasteiger partial charge >= 0.3 is 0 Å². The van der Waals surface area contributed by atoms with Crippen LogP contribution in [-0.2, 0) is 6.42 Å². The largest absolute Gasteiger partial charge is 0.369 e. The van der Waals surface area contributed by atoms with Crippen LogP contribution in [0.5, 0.6) is 0 Å². The fourth-order valence-electron chi connectivity index (χ4n) is 3.09. The first-order chi connectivity index (χ1) is 10.8. The van der Waals surface area contributed by atoms with Crippen molar-refractivity contribution in [3.05, 3.63) is 47.3 Å². The molecule has 2 aliphatic rings. The zero-order valence-corrected chi connectivity index (χ0v) is 12.5. The molecule has 1 amide bonds. The Balaban J connectivity index is 1.30. The van der Waals surface area contributed by atoms with Gasteiger partial charge in [-0.3, -0.25) is 9.89 Å². The van der Waals surface area contributed by atoms with Crippen molar-refractivity contribution in [1.82, 2.24) is 15.5 Å². The number of hydrogen-bond donors (Lipinski definition) is 2. The van der Waals surface area contributed by atoms with Crippen molar-refractivity contribution in [2.45, 2.75) is 25.2 Å². The Hall–Kier alpha value is -2.30. The van der Waals surface area contributed by atoms with E-state index in [-0.39, 0.29) is 5.91 Å². The number of fused-ring (bicyclic) bond motifs is 1. The molecule has 1 aromatic heterocycles. The second-order valence-electron chi connectivity index (χ2n) is 6.10. The van der Waals surface area contributed by atoms with E-state index in [9.17, 15) is 4.79 Å². The minimum absolute atomic E-state index is 0.0874. The highest BCUT2D eigenvalue weighted by Gasteiger charge is 2.26. The van der Waals surface area contributed by atoms with Crippen molar-refractivity contribution < 1.29 is 4.79 Å². The summed E-state index contributed by atoms with van der Waals surface area (Å²) in [7, 11) is 0. The zero-order chi connectivity index (χ0) is 14.9. The van der Waals surface area contributed by atoms with Crippen molar-refractivity contribution in [1.29, 1.82) is 0 Å². The maximum absolute atomic E-state index is 12.1. The van der Waals surface area contributed by atoms with Gasteiger partial charge in [-0.2, -0.15) is 5.10 Å². The molecule has 5 nitrogen and oxygen atoms in total. The lowest BCUT2D eigenvalue weighted by atomic mass is 10.2. The Kier molecular flexibility index (Phi) is 3.33. The van der Waals surface area contributed by atoms with E-state index in [1.54, 1.807) is 0 Å². The molecule has 1 aliphatic carbocycles. The summed E-state index contributed by atoms with van der Waals surface area (Å²) in [6.45, 7) is 2.50. The van der Waals surface area contributed by atoms with Crippen LogP contribution in [0.2, 0.25) is 0 Å². The molecule has 1 aromatic carbocycles. The molecule has 5 heteroatoms. The molecule has 0 radical (unpaired) electrons. The van der Waals surface area contributed by atoms with Gasteiger partial charge in [0.15, 0.2) is 0 Å². The second-order valence-corrected chi connectivity index (χ2v) is 6.10. The van der Waals surface area contributed by atoms with Crippen LogP contribution < -0.4 is 10.2 Å². The van der Waals surface area contributed by atoms with Crippen LogP contribution >= 0.6 is 0 Å². The summed E-state index contributed by atoms with van der Waals surface area (Å²) in [4.78, 5) is 14.4. The third kappa shape index (κ3) is 2.58. The van der Waals surface area contributed by atoms with Crippen molar-refractivity contribution in [3.63, 3.8) is 0 Å². The van der Waals surface area contributed by atoms with Gasteiger partial charge < -0.3 is 10.2 Å². The van der Waals surface area contributed by atoms with Crippen LogP contribution in [0.4, 0.5) is 5.69 Å². The molecule has 1 fully saturated rings. The highest BCUT2D eigenvalue weighted by Crippen LogP contribution is 2.38. The number of aromatic nitrogens is 2. The highest BCUT2D eigenvalue weighted by molar-refractivity contribution is 5.92. The number of rotatable bonds is 5. The Bertz CT molecular complexity index is 689. The van der Waals surface area contributed by atoms with Gasteiger partial charge in [-0.25, -0.2) is 0 Å². The maximum Gasteiger partial charge on any atom is 0.271 e. The second kappa shape index (κ2) is 5.48. The average molecular weight is 296 g/mol. The third-order valence-electron chi connectivity index (χ3n) is 4.50. The molecule has 2 heterocycles. The predicted octanol–water partition coefficient (Wildman–Crippen LogP) is 2.08. The molecule has 4 rings (SSSR count). The Morgan fingerprint density at radius 3 is 3.09 bits per heavy atom. The first-order valence-electron chi connectivity index (χ1n) is 7.97. The molecule has 2 aromatic rings. The zero-order valence-electron chi connectivity index (χ0n) is 12.5. The van der Waals surface area contributed by atoms with Gasteiger partial charge in [0.25, 0.3) is 5.91 Å². The van der Waals surface area contributed by atoms with Crippen LogP contribution in [0.25, 0.3) is 0 Å². The molecule has 22 heavy (non-hydrogen) atoms. The van der Waals surface area contributed by atoms with Crippen LogP contribution in [0.3, 0.4) is 0 Å². The highest BCUT2D eigenvalue weighted by atomic mass is 16.1. The maximum atomic E-state index is 12.1. The predicted molar refractivity (Wildman–Crippen MR) is 85.3 cm³/mol. The number of para-hydroxylation sites is 1. The number of amides is 1. The van der Waals surface area contributed by atoms with Gasteiger partial charge in [0.1, 0.15) is 5.69 Å². The number of benzene rings is 1. The summed E-state index contributed by atoms with van der Waals surface area (Å²) < 4.78 is 0. The first-order valence-corrected chi connectivity index (χ1v) is 7.97. The minimum atomic E-state index is -0.0874. The quantitative estimate of drug-likeness (QED) is 0.888. The van der Waals surface area contributed by atoms with Gasteiger partial charge in [-0.15, -0.1) is 0 Å². The van der Waals surface area contributed by atoms with Crippen molar-refractivity contribution >= 4 is 11.6 Å². The normalized spacial score (nSPS) is 16.6. The number of carbonyl (C=O) groups excluding carboxylic acids is 1.